The third kappa shape index (κ3) is 2.07. The fourth-order valence-corrected chi connectivity index (χ4v) is 6.30. The third-order valence-corrected chi connectivity index (χ3v) is 7.42. The summed E-state index contributed by atoms with van der Waals surface area (Å²) < 4.78 is 0.721. The van der Waals surface area contributed by atoms with Gasteiger partial charge in [-0.2, -0.15) is 0 Å². The highest BCUT2D eigenvalue weighted by Crippen LogP contribution is 2.64. The van der Waals surface area contributed by atoms with Crippen molar-refractivity contribution in [1.29, 1.82) is 0 Å². The lowest BCUT2D eigenvalue weighted by atomic mass is 9.51. The summed E-state index contributed by atoms with van der Waals surface area (Å²) in [4.78, 5) is 41.1. The summed E-state index contributed by atoms with van der Waals surface area (Å²) >= 11 is 3.38. The van der Waals surface area contributed by atoms with E-state index in [0.717, 1.165) is 20.5 Å². The van der Waals surface area contributed by atoms with E-state index in [9.17, 15) is 19.7 Å². The van der Waals surface area contributed by atoms with Gasteiger partial charge in [0.1, 0.15) is 5.92 Å². The van der Waals surface area contributed by atoms with E-state index in [0.29, 0.717) is 16.8 Å². The second-order valence-electron chi connectivity index (χ2n) is 8.17. The average Bonchev–Trinajstić information content (AvgIpc) is 3.04. The predicted molar refractivity (Wildman–Crippen MR) is 116 cm³/mol. The Morgan fingerprint density at radius 3 is 2.06 bits per heavy atom. The highest BCUT2D eigenvalue weighted by molar-refractivity contribution is 9.10. The van der Waals surface area contributed by atoms with Crippen LogP contribution in [-0.4, -0.2) is 16.7 Å². The van der Waals surface area contributed by atoms with Crippen LogP contribution >= 0.6 is 15.9 Å². The minimum Gasteiger partial charge on any atom is -0.274 e. The molecule has 1 saturated heterocycles. The summed E-state index contributed by atoms with van der Waals surface area (Å²) in [5.74, 6) is -3.20. The van der Waals surface area contributed by atoms with Crippen LogP contribution in [0.5, 0.6) is 0 Å². The normalized spacial score (nSPS) is 27.6. The van der Waals surface area contributed by atoms with Crippen molar-refractivity contribution in [2.75, 3.05) is 4.90 Å². The first-order valence-electron chi connectivity index (χ1n) is 9.94. The molecular weight excluding hydrogens is 460 g/mol. The molecule has 6 nitrogen and oxygen atoms in total. The van der Waals surface area contributed by atoms with E-state index < -0.39 is 29.2 Å². The zero-order chi connectivity index (χ0) is 21.5. The molecular formula is C24H15BrN2O4. The molecule has 2 amide bonds. The van der Waals surface area contributed by atoms with Gasteiger partial charge in [-0.3, -0.25) is 19.7 Å². The number of carbonyl (C=O) groups is 2. The first-order valence-corrected chi connectivity index (χ1v) is 10.7. The molecule has 2 atom stereocenters. The first-order chi connectivity index (χ1) is 15.0. The van der Waals surface area contributed by atoms with Crippen LogP contribution in [0.1, 0.15) is 28.2 Å². The van der Waals surface area contributed by atoms with Crippen LogP contribution in [0.25, 0.3) is 0 Å². The lowest BCUT2D eigenvalue weighted by Gasteiger charge is -2.48. The number of benzene rings is 3. The van der Waals surface area contributed by atoms with Gasteiger partial charge in [-0.25, -0.2) is 4.90 Å². The molecule has 1 aliphatic heterocycles. The molecule has 7 rings (SSSR count). The summed E-state index contributed by atoms with van der Waals surface area (Å²) in [7, 11) is 0. The van der Waals surface area contributed by atoms with Crippen molar-refractivity contribution in [2.45, 2.75) is 11.5 Å². The van der Waals surface area contributed by atoms with Crippen molar-refractivity contribution in [3.05, 3.63) is 110 Å². The van der Waals surface area contributed by atoms with Crippen molar-refractivity contribution in [2.24, 2.45) is 11.8 Å². The van der Waals surface area contributed by atoms with Crippen molar-refractivity contribution in [1.82, 2.24) is 0 Å². The second kappa shape index (κ2) is 6.11. The molecule has 0 unspecified atom stereocenters. The number of nitro groups is 1. The summed E-state index contributed by atoms with van der Waals surface area (Å²) in [5.41, 5.74) is 1.18. The molecule has 4 aliphatic rings. The standard InChI is InChI=1S/C24H15BrN2O4/c25-13-6-5-7-14(12-13)26-22(28)20-19-15-8-1-3-10-17(15)24(27(30)31,21(20)23(26)29)18-11-4-2-9-16(18)19/h1-12,19-21H/t19?,20-,21+,24?/m1/s1. The molecule has 31 heavy (non-hydrogen) atoms. The Morgan fingerprint density at radius 1 is 0.871 bits per heavy atom. The summed E-state index contributed by atoms with van der Waals surface area (Å²) in [6.07, 6.45) is 0. The Labute approximate surface area is 185 Å². The molecule has 3 aromatic carbocycles. The molecule has 1 heterocycles. The maximum atomic E-state index is 13.8. The van der Waals surface area contributed by atoms with Gasteiger partial charge >= 0.3 is 0 Å². The van der Waals surface area contributed by atoms with E-state index in [-0.39, 0.29) is 10.8 Å². The number of hydrogen-bond donors (Lipinski definition) is 0. The van der Waals surface area contributed by atoms with Crippen LogP contribution < -0.4 is 4.90 Å². The van der Waals surface area contributed by atoms with E-state index in [1.165, 1.54) is 0 Å². The number of anilines is 1. The quantitative estimate of drug-likeness (QED) is 0.316. The summed E-state index contributed by atoms with van der Waals surface area (Å²) in [5, 5.41) is 12.9. The van der Waals surface area contributed by atoms with E-state index in [2.05, 4.69) is 15.9 Å². The maximum absolute atomic E-state index is 13.8. The number of nitrogens with zero attached hydrogens (tertiary/aromatic N) is 2. The van der Waals surface area contributed by atoms with Crippen LogP contribution in [0.3, 0.4) is 0 Å². The number of carbonyl (C=O) groups excluding carboxylic acids is 2. The number of amides is 2. The Balaban J connectivity index is 1.68. The minimum atomic E-state index is -1.79. The lowest BCUT2D eigenvalue weighted by Crippen LogP contribution is -2.57. The monoisotopic (exact) mass is 474 g/mol. The third-order valence-electron chi connectivity index (χ3n) is 6.93. The number of halogens is 1. The minimum absolute atomic E-state index is 0.354. The zero-order valence-corrected chi connectivity index (χ0v) is 17.7. The van der Waals surface area contributed by atoms with Crippen LogP contribution in [0, 0.1) is 22.0 Å². The first kappa shape index (κ1) is 18.4. The second-order valence-corrected chi connectivity index (χ2v) is 9.09. The molecule has 3 aliphatic carbocycles. The fourth-order valence-electron chi connectivity index (χ4n) is 5.91. The van der Waals surface area contributed by atoms with E-state index in [1.54, 1.807) is 48.5 Å². The van der Waals surface area contributed by atoms with Gasteiger partial charge in [0.25, 0.3) is 5.54 Å². The number of imide groups is 1. The lowest BCUT2D eigenvalue weighted by molar-refractivity contribution is -0.578. The summed E-state index contributed by atoms with van der Waals surface area (Å²) in [6.45, 7) is 0. The predicted octanol–water partition coefficient (Wildman–Crippen LogP) is 4.23. The van der Waals surface area contributed by atoms with Crippen molar-refractivity contribution in [3.8, 4) is 0 Å². The van der Waals surface area contributed by atoms with Crippen LogP contribution in [0.15, 0.2) is 77.3 Å². The molecule has 3 aromatic rings. The summed E-state index contributed by atoms with van der Waals surface area (Å²) in [6, 6.07) is 21.3. The maximum Gasteiger partial charge on any atom is 0.285 e. The Hall–Kier alpha value is -3.32. The van der Waals surface area contributed by atoms with Gasteiger partial charge in [0.15, 0.2) is 0 Å². The van der Waals surface area contributed by atoms with Gasteiger partial charge in [0, 0.05) is 26.4 Å². The Bertz CT molecular complexity index is 1270. The van der Waals surface area contributed by atoms with Crippen LogP contribution in [0.4, 0.5) is 5.69 Å². The van der Waals surface area contributed by atoms with Gasteiger partial charge in [-0.1, -0.05) is 70.5 Å². The van der Waals surface area contributed by atoms with Gasteiger partial charge in [-0.05, 0) is 29.3 Å². The Morgan fingerprint density at radius 2 is 1.48 bits per heavy atom. The molecule has 152 valence electrons. The van der Waals surface area contributed by atoms with Gasteiger partial charge < -0.3 is 0 Å². The fraction of sp³-hybridized carbons (Fsp3) is 0.167. The molecule has 0 spiro atoms. The van der Waals surface area contributed by atoms with Crippen molar-refractivity contribution in [3.63, 3.8) is 0 Å². The van der Waals surface area contributed by atoms with Gasteiger partial charge in [0.05, 0.1) is 11.6 Å². The number of rotatable bonds is 2. The van der Waals surface area contributed by atoms with Gasteiger partial charge in [-0.15, -0.1) is 0 Å². The van der Waals surface area contributed by atoms with E-state index in [4.69, 9.17) is 0 Å². The smallest absolute Gasteiger partial charge is 0.274 e. The molecule has 0 radical (unpaired) electrons. The van der Waals surface area contributed by atoms with Gasteiger partial charge in [0.2, 0.25) is 11.8 Å². The molecule has 2 bridgehead atoms. The zero-order valence-electron chi connectivity index (χ0n) is 16.1. The average molecular weight is 475 g/mol. The van der Waals surface area contributed by atoms with Crippen molar-refractivity contribution >= 4 is 33.4 Å². The highest BCUT2D eigenvalue weighted by Gasteiger charge is 2.74. The van der Waals surface area contributed by atoms with Crippen molar-refractivity contribution < 1.29 is 14.5 Å². The Kier molecular flexibility index (Phi) is 3.63. The molecule has 7 heteroatoms. The molecule has 0 saturated carbocycles. The largest absolute Gasteiger partial charge is 0.285 e. The highest BCUT2D eigenvalue weighted by atomic mass is 79.9. The molecule has 1 fully saturated rings. The van der Waals surface area contributed by atoms with E-state index in [1.807, 2.05) is 24.3 Å². The SMILES string of the molecule is O=C1[C@@H]2C3c4ccccc4C([N+](=O)[O-])(c4ccccc43)[C@@H]2C(=O)N1c1cccc(Br)c1. The van der Waals surface area contributed by atoms with Crippen LogP contribution in [0.2, 0.25) is 0 Å². The topological polar surface area (TPSA) is 80.5 Å². The number of hydrogen-bond acceptors (Lipinski definition) is 4. The van der Waals surface area contributed by atoms with Crippen LogP contribution in [-0.2, 0) is 15.1 Å². The van der Waals surface area contributed by atoms with E-state index >= 15 is 0 Å². The molecule has 0 aromatic heterocycles. The molecule has 0 N–H and O–H groups in total.